The van der Waals surface area contributed by atoms with Crippen LogP contribution in [0.4, 0.5) is 0 Å². The first-order valence-electron chi connectivity index (χ1n) is 4.27. The van der Waals surface area contributed by atoms with E-state index in [1.54, 1.807) is 6.07 Å². The van der Waals surface area contributed by atoms with E-state index in [0.29, 0.717) is 4.88 Å². The van der Waals surface area contributed by atoms with Crippen molar-refractivity contribution >= 4 is 54.9 Å². The summed E-state index contributed by atoms with van der Waals surface area (Å²) in [5.74, 6) is -1.62. The van der Waals surface area contributed by atoms with Gasteiger partial charge in [0.2, 0.25) is 5.78 Å². The van der Waals surface area contributed by atoms with Crippen LogP contribution in [-0.2, 0) is 0 Å². The number of carboxylic acid groups (broad SMARTS) is 1. The van der Waals surface area contributed by atoms with Gasteiger partial charge in [-0.1, -0.05) is 0 Å². The fourth-order valence-electron chi connectivity index (χ4n) is 1.20. The molecule has 0 spiro atoms. The van der Waals surface area contributed by atoms with E-state index in [2.05, 4.69) is 41.8 Å². The Bertz CT molecular complexity index is 586. The lowest BCUT2D eigenvalue weighted by molar-refractivity contribution is 0.0687. The molecule has 2 heterocycles. The van der Waals surface area contributed by atoms with Gasteiger partial charge in [0.1, 0.15) is 5.69 Å². The molecule has 0 aromatic carbocycles. The average molecular weight is 380 g/mol. The Morgan fingerprint density at radius 2 is 2.12 bits per heavy atom. The molecule has 0 aliphatic carbocycles. The van der Waals surface area contributed by atoms with Crippen molar-refractivity contribution in [3.8, 4) is 0 Å². The molecule has 0 aliphatic heterocycles. The van der Waals surface area contributed by atoms with Crippen molar-refractivity contribution in [2.75, 3.05) is 0 Å². The molecular weight excluding hydrogens is 376 g/mol. The summed E-state index contributed by atoms with van der Waals surface area (Å²) < 4.78 is 1.52. The summed E-state index contributed by atoms with van der Waals surface area (Å²) in [7, 11) is 0. The lowest BCUT2D eigenvalue weighted by atomic mass is 10.2. The lowest BCUT2D eigenvalue weighted by Crippen LogP contribution is -2.08. The van der Waals surface area contributed by atoms with E-state index in [9.17, 15) is 9.59 Å². The van der Waals surface area contributed by atoms with E-state index in [4.69, 9.17) is 5.11 Å². The molecule has 2 aromatic rings. The van der Waals surface area contributed by atoms with Crippen LogP contribution in [0.15, 0.2) is 20.7 Å². The minimum absolute atomic E-state index is 0.0845. The largest absolute Gasteiger partial charge is 0.477 e. The summed E-state index contributed by atoms with van der Waals surface area (Å²) in [4.78, 5) is 29.5. The van der Waals surface area contributed by atoms with Crippen LogP contribution < -0.4 is 0 Å². The normalized spacial score (nSPS) is 10.5. The van der Waals surface area contributed by atoms with Gasteiger partial charge in [-0.15, -0.1) is 11.3 Å². The number of rotatable bonds is 3. The highest BCUT2D eigenvalue weighted by molar-refractivity contribution is 9.13. The molecule has 0 radical (unpaired) electrons. The quantitative estimate of drug-likeness (QED) is 0.803. The third kappa shape index (κ3) is 2.33. The maximum atomic E-state index is 12.0. The third-order valence-corrected chi connectivity index (χ3v) is 5.19. The maximum absolute atomic E-state index is 12.0. The number of nitrogens with one attached hydrogen (secondary N) is 1. The molecule has 0 unspecified atom stereocenters. The number of aromatic nitrogens is 2. The van der Waals surface area contributed by atoms with E-state index in [-0.39, 0.29) is 11.4 Å². The van der Waals surface area contributed by atoms with Crippen LogP contribution in [0.3, 0.4) is 0 Å². The number of hydrogen-bond donors (Lipinski definition) is 2. The molecule has 2 aromatic heterocycles. The number of carbonyl (C=O) groups is 2. The summed E-state index contributed by atoms with van der Waals surface area (Å²) in [6.07, 6.45) is 1.19. The van der Waals surface area contributed by atoms with E-state index in [1.807, 2.05) is 0 Å². The first-order valence-corrected chi connectivity index (χ1v) is 6.67. The highest BCUT2D eigenvalue weighted by Crippen LogP contribution is 2.33. The fraction of sp³-hybridized carbons (Fsp3) is 0. The van der Waals surface area contributed by atoms with Gasteiger partial charge in [0, 0.05) is 4.47 Å². The van der Waals surface area contributed by atoms with Gasteiger partial charge in [-0.25, -0.2) is 9.78 Å². The lowest BCUT2D eigenvalue weighted by Gasteiger charge is -1.94. The molecule has 17 heavy (non-hydrogen) atoms. The summed E-state index contributed by atoms with van der Waals surface area (Å²) in [5.41, 5.74) is -0.283. The van der Waals surface area contributed by atoms with Gasteiger partial charge in [-0.3, -0.25) is 4.79 Å². The molecule has 0 saturated heterocycles. The fourth-order valence-corrected chi connectivity index (χ4v) is 3.18. The monoisotopic (exact) mass is 378 g/mol. The standard InChI is InChI=1S/C9H4Br2N2O3S/c10-3-1-4(17-8(3)11)7(14)5-6(9(15)16)13-2-12-5/h1-2H,(H,12,13)(H,15,16). The van der Waals surface area contributed by atoms with Crippen molar-refractivity contribution in [2.24, 2.45) is 0 Å². The van der Waals surface area contributed by atoms with Gasteiger partial charge >= 0.3 is 5.97 Å². The Balaban J connectivity index is 2.44. The number of ketones is 1. The number of hydrogen-bond acceptors (Lipinski definition) is 4. The van der Waals surface area contributed by atoms with Gasteiger partial charge in [-0.05, 0) is 37.9 Å². The van der Waals surface area contributed by atoms with Gasteiger partial charge in [-0.2, -0.15) is 0 Å². The molecule has 0 aliphatic rings. The van der Waals surface area contributed by atoms with E-state index >= 15 is 0 Å². The molecule has 0 bridgehead atoms. The molecule has 2 N–H and O–H groups in total. The second kappa shape index (κ2) is 4.71. The van der Waals surface area contributed by atoms with E-state index in [0.717, 1.165) is 8.26 Å². The first-order chi connectivity index (χ1) is 8.00. The van der Waals surface area contributed by atoms with E-state index in [1.165, 1.54) is 17.7 Å². The minimum atomic E-state index is -1.21. The molecular formula is C9H4Br2N2O3S. The summed E-state index contributed by atoms with van der Waals surface area (Å²) >= 11 is 7.75. The predicted molar refractivity (Wildman–Crippen MR) is 68.7 cm³/mol. The van der Waals surface area contributed by atoms with Crippen molar-refractivity contribution in [2.45, 2.75) is 0 Å². The predicted octanol–water partition coefficient (Wildman–Crippen LogP) is 2.93. The number of aromatic carboxylic acids is 1. The van der Waals surface area contributed by atoms with Crippen LogP contribution in [0, 0.1) is 0 Å². The van der Waals surface area contributed by atoms with Crippen LogP contribution >= 0.6 is 43.2 Å². The zero-order valence-corrected chi connectivity index (χ0v) is 12.0. The highest BCUT2D eigenvalue weighted by atomic mass is 79.9. The van der Waals surface area contributed by atoms with E-state index < -0.39 is 11.8 Å². The first kappa shape index (κ1) is 12.5. The Labute approximate surface area is 116 Å². The number of halogens is 2. The zero-order chi connectivity index (χ0) is 12.6. The van der Waals surface area contributed by atoms with Crippen molar-refractivity contribution < 1.29 is 14.7 Å². The Kier molecular flexibility index (Phi) is 3.45. The summed E-state index contributed by atoms with van der Waals surface area (Å²) in [5, 5.41) is 8.87. The van der Waals surface area contributed by atoms with Gasteiger partial charge in [0.25, 0.3) is 0 Å². The SMILES string of the molecule is O=C(c1cc(Br)c(Br)s1)c1nc[nH]c1C(=O)O. The molecule has 0 fully saturated rings. The van der Waals surface area contributed by atoms with Gasteiger partial charge in [0.15, 0.2) is 5.69 Å². The number of H-pyrrole nitrogens is 1. The number of nitrogens with zero attached hydrogens (tertiary/aromatic N) is 1. The van der Waals surface area contributed by atoms with Crippen molar-refractivity contribution in [1.82, 2.24) is 9.97 Å². The number of imidazole rings is 1. The van der Waals surface area contributed by atoms with Crippen LogP contribution in [0.25, 0.3) is 0 Å². The van der Waals surface area contributed by atoms with Crippen LogP contribution in [0.5, 0.6) is 0 Å². The third-order valence-electron chi connectivity index (χ3n) is 1.94. The van der Waals surface area contributed by atoms with Crippen molar-refractivity contribution in [3.63, 3.8) is 0 Å². The molecule has 5 nitrogen and oxygen atoms in total. The van der Waals surface area contributed by atoms with Crippen molar-refractivity contribution in [1.29, 1.82) is 0 Å². The minimum Gasteiger partial charge on any atom is -0.477 e. The second-order valence-corrected chi connectivity index (χ2v) is 6.22. The smallest absolute Gasteiger partial charge is 0.354 e. The molecule has 0 atom stereocenters. The summed E-state index contributed by atoms with van der Waals surface area (Å²) in [6.45, 7) is 0. The number of carboxylic acids is 1. The molecule has 88 valence electrons. The average Bonchev–Trinajstić information content (AvgIpc) is 2.85. The highest BCUT2D eigenvalue weighted by Gasteiger charge is 2.23. The second-order valence-electron chi connectivity index (χ2n) is 2.99. The Morgan fingerprint density at radius 3 is 2.65 bits per heavy atom. The maximum Gasteiger partial charge on any atom is 0.354 e. The Morgan fingerprint density at radius 1 is 1.41 bits per heavy atom. The zero-order valence-electron chi connectivity index (χ0n) is 8.03. The molecule has 0 saturated carbocycles. The topological polar surface area (TPSA) is 83.0 Å². The Hall–Kier alpha value is -0.990. The molecule has 2 rings (SSSR count). The van der Waals surface area contributed by atoms with Crippen LogP contribution in [-0.4, -0.2) is 26.8 Å². The van der Waals surface area contributed by atoms with Crippen LogP contribution in [0.2, 0.25) is 0 Å². The number of aromatic amines is 1. The number of thiophene rings is 1. The molecule has 0 amide bonds. The number of carbonyl (C=O) groups excluding carboxylic acids is 1. The molecule has 8 heteroatoms. The van der Waals surface area contributed by atoms with Crippen LogP contribution in [0.1, 0.15) is 25.9 Å². The van der Waals surface area contributed by atoms with Crippen molar-refractivity contribution in [3.05, 3.63) is 36.9 Å². The van der Waals surface area contributed by atoms with Gasteiger partial charge < -0.3 is 10.1 Å². The van der Waals surface area contributed by atoms with Gasteiger partial charge in [0.05, 0.1) is 15.0 Å². The summed E-state index contributed by atoms with van der Waals surface area (Å²) in [6, 6.07) is 1.62.